The first-order valence-corrected chi connectivity index (χ1v) is 13.1. The molecule has 36 heavy (non-hydrogen) atoms. The Balaban J connectivity index is 1.51. The minimum absolute atomic E-state index is 0.0539. The first kappa shape index (κ1) is 22.7. The van der Waals surface area contributed by atoms with E-state index in [4.69, 9.17) is 31.4 Å². The lowest BCUT2D eigenvalue weighted by molar-refractivity contribution is 0.339. The van der Waals surface area contributed by atoms with Crippen molar-refractivity contribution in [1.29, 1.82) is 0 Å². The fraction of sp³-hybridized carbons (Fsp3) is 0.138. The lowest BCUT2D eigenvalue weighted by Crippen LogP contribution is -2.21. The third-order valence-electron chi connectivity index (χ3n) is 6.18. The molecule has 1 aliphatic rings. The number of ether oxygens (including phenoxy) is 1. The van der Waals surface area contributed by atoms with Crippen molar-refractivity contribution in [1.82, 2.24) is 9.97 Å². The second-order valence-electron chi connectivity index (χ2n) is 8.49. The monoisotopic (exact) mass is 510 g/mol. The smallest absolute Gasteiger partial charge is 0.247 e. The van der Waals surface area contributed by atoms with E-state index in [2.05, 4.69) is 35.7 Å². The molecule has 1 atom stereocenters. The summed E-state index contributed by atoms with van der Waals surface area (Å²) >= 11 is 7.87. The average Bonchev–Trinajstić information content (AvgIpc) is 3.60. The van der Waals surface area contributed by atoms with Crippen molar-refractivity contribution in [3.8, 4) is 17.0 Å². The summed E-state index contributed by atoms with van der Waals surface area (Å²) in [5, 5.41) is 10.8. The molecule has 7 heteroatoms. The van der Waals surface area contributed by atoms with Crippen LogP contribution in [0.2, 0.25) is 5.02 Å². The molecule has 0 radical (unpaired) electrons. The van der Waals surface area contributed by atoms with E-state index in [1.807, 2.05) is 66.5 Å². The van der Waals surface area contributed by atoms with Crippen LogP contribution in [-0.2, 0) is 0 Å². The van der Waals surface area contributed by atoms with E-state index < -0.39 is 0 Å². The van der Waals surface area contributed by atoms with Gasteiger partial charge in [0, 0.05) is 22.4 Å². The largest absolute Gasteiger partial charge is 0.494 e. The van der Waals surface area contributed by atoms with E-state index in [9.17, 15) is 0 Å². The zero-order valence-electron chi connectivity index (χ0n) is 19.6. The molecular weight excluding hydrogens is 488 g/mol. The van der Waals surface area contributed by atoms with Crippen molar-refractivity contribution in [2.45, 2.75) is 19.4 Å². The van der Waals surface area contributed by atoms with Crippen LogP contribution in [0, 0.1) is 0 Å². The molecule has 3 aromatic carbocycles. The Kier molecular flexibility index (Phi) is 6.13. The van der Waals surface area contributed by atoms with Crippen molar-refractivity contribution in [2.24, 2.45) is 5.10 Å². The van der Waals surface area contributed by atoms with Crippen molar-refractivity contribution in [2.75, 3.05) is 11.6 Å². The molecule has 2 aromatic heterocycles. The number of rotatable bonds is 6. The summed E-state index contributed by atoms with van der Waals surface area (Å²) in [7, 11) is 0. The van der Waals surface area contributed by atoms with Gasteiger partial charge in [0.05, 0.1) is 34.4 Å². The van der Waals surface area contributed by atoms with Crippen LogP contribution in [0.4, 0.5) is 5.95 Å². The minimum Gasteiger partial charge on any atom is -0.494 e. The molecule has 5 nitrogen and oxygen atoms in total. The van der Waals surface area contributed by atoms with Gasteiger partial charge < -0.3 is 4.74 Å². The lowest BCUT2D eigenvalue weighted by Gasteiger charge is -2.23. The highest BCUT2D eigenvalue weighted by Gasteiger charge is 2.33. The van der Waals surface area contributed by atoms with Gasteiger partial charge in [0.2, 0.25) is 5.95 Å². The number of fused-ring (bicyclic) bond motifs is 1. The van der Waals surface area contributed by atoms with E-state index in [0.29, 0.717) is 17.6 Å². The fourth-order valence-electron chi connectivity index (χ4n) is 4.52. The molecule has 1 unspecified atom stereocenters. The summed E-state index contributed by atoms with van der Waals surface area (Å²) in [6.45, 7) is 2.61. The molecule has 178 valence electrons. The summed E-state index contributed by atoms with van der Waals surface area (Å²) < 4.78 is 5.79. The molecule has 0 saturated heterocycles. The highest BCUT2D eigenvalue weighted by atomic mass is 35.5. The van der Waals surface area contributed by atoms with Crippen LogP contribution in [0.15, 0.2) is 95.4 Å². The number of anilines is 1. The molecule has 0 fully saturated rings. The predicted octanol–water partition coefficient (Wildman–Crippen LogP) is 7.77. The number of nitrogens with zero attached hydrogens (tertiary/aromatic N) is 4. The van der Waals surface area contributed by atoms with Crippen LogP contribution in [0.25, 0.3) is 22.2 Å². The first-order chi connectivity index (χ1) is 17.7. The van der Waals surface area contributed by atoms with Crippen molar-refractivity contribution in [3.05, 3.63) is 106 Å². The van der Waals surface area contributed by atoms with Crippen molar-refractivity contribution < 1.29 is 4.74 Å². The summed E-state index contributed by atoms with van der Waals surface area (Å²) in [6, 6.07) is 28.2. The molecule has 5 aromatic rings. The second kappa shape index (κ2) is 9.72. The van der Waals surface area contributed by atoms with Crippen LogP contribution in [-0.4, -0.2) is 22.3 Å². The summed E-state index contributed by atoms with van der Waals surface area (Å²) in [6.07, 6.45) is 0.753. The fourth-order valence-corrected chi connectivity index (χ4v) is 5.37. The quantitative estimate of drug-likeness (QED) is 0.234. The zero-order valence-corrected chi connectivity index (χ0v) is 21.2. The Morgan fingerprint density at radius 1 is 0.972 bits per heavy atom. The predicted molar refractivity (Wildman–Crippen MR) is 148 cm³/mol. The number of halogens is 1. The van der Waals surface area contributed by atoms with Gasteiger partial charge >= 0.3 is 0 Å². The van der Waals surface area contributed by atoms with E-state index >= 15 is 0 Å². The number of hydrogen-bond acceptors (Lipinski definition) is 6. The molecule has 3 heterocycles. The Morgan fingerprint density at radius 2 is 1.83 bits per heavy atom. The second-order valence-corrected chi connectivity index (χ2v) is 9.87. The topological polar surface area (TPSA) is 50.6 Å². The van der Waals surface area contributed by atoms with Gasteiger partial charge in [-0.1, -0.05) is 60.1 Å². The highest BCUT2D eigenvalue weighted by molar-refractivity contribution is 7.12. The Labute approximate surface area is 218 Å². The number of benzene rings is 3. The maximum Gasteiger partial charge on any atom is 0.247 e. The van der Waals surface area contributed by atoms with Gasteiger partial charge in [0.25, 0.3) is 0 Å². The normalized spacial score (nSPS) is 15.3. The Hall–Kier alpha value is -3.74. The molecule has 6 rings (SSSR count). The summed E-state index contributed by atoms with van der Waals surface area (Å²) in [5.41, 5.74) is 4.85. The van der Waals surface area contributed by atoms with Crippen molar-refractivity contribution in [3.63, 3.8) is 0 Å². The molecule has 0 N–H and O–H groups in total. The Morgan fingerprint density at radius 3 is 2.64 bits per heavy atom. The van der Waals surface area contributed by atoms with Crippen LogP contribution in [0.3, 0.4) is 0 Å². The van der Waals surface area contributed by atoms with Gasteiger partial charge in [-0.05, 0) is 54.3 Å². The molecule has 0 spiro atoms. The van der Waals surface area contributed by atoms with Crippen LogP contribution >= 0.6 is 22.9 Å². The van der Waals surface area contributed by atoms with Crippen LogP contribution in [0.5, 0.6) is 5.75 Å². The summed E-state index contributed by atoms with van der Waals surface area (Å²) in [4.78, 5) is 11.2. The van der Waals surface area contributed by atoms with Crippen LogP contribution < -0.4 is 9.75 Å². The van der Waals surface area contributed by atoms with Gasteiger partial charge in [-0.15, -0.1) is 11.3 Å². The molecule has 0 aliphatic carbocycles. The molecule has 1 aliphatic heterocycles. The van der Waals surface area contributed by atoms with Crippen LogP contribution in [0.1, 0.15) is 29.8 Å². The third kappa shape index (κ3) is 4.34. The maximum atomic E-state index is 6.17. The number of hydrogen-bond donors (Lipinski definition) is 0. The lowest BCUT2D eigenvalue weighted by atomic mass is 10.0. The first-order valence-electron chi connectivity index (χ1n) is 11.9. The SMILES string of the molecule is CCOc1cccc(C2CC(c3cccs3)=NN2c2nc(-c3ccc(Cl)cc3)c3ccccc3n2)c1. The highest BCUT2D eigenvalue weighted by Crippen LogP contribution is 2.39. The number of hydrazone groups is 1. The van der Waals surface area contributed by atoms with E-state index in [1.165, 1.54) is 0 Å². The van der Waals surface area contributed by atoms with Gasteiger partial charge in [-0.3, -0.25) is 0 Å². The average molecular weight is 511 g/mol. The maximum absolute atomic E-state index is 6.17. The van der Waals surface area contributed by atoms with E-state index in [-0.39, 0.29) is 6.04 Å². The van der Waals surface area contributed by atoms with Gasteiger partial charge in [0.15, 0.2) is 0 Å². The minimum atomic E-state index is -0.0539. The van der Waals surface area contributed by atoms with Gasteiger partial charge in [-0.2, -0.15) is 5.10 Å². The molecular formula is C29H23ClN4OS. The number of thiophene rings is 1. The number of para-hydroxylation sites is 1. The third-order valence-corrected chi connectivity index (χ3v) is 7.35. The van der Waals surface area contributed by atoms with E-state index in [1.54, 1.807) is 11.3 Å². The molecule has 0 bridgehead atoms. The van der Waals surface area contributed by atoms with Crippen molar-refractivity contribution >= 4 is 45.5 Å². The van der Waals surface area contributed by atoms with Gasteiger partial charge in [0.1, 0.15) is 5.75 Å². The number of aromatic nitrogens is 2. The zero-order chi connectivity index (χ0) is 24.5. The van der Waals surface area contributed by atoms with E-state index in [0.717, 1.165) is 50.5 Å². The summed E-state index contributed by atoms with van der Waals surface area (Å²) in [5.74, 6) is 1.41. The molecule has 0 amide bonds. The standard InChI is InChI=1S/C29H23ClN4OS/c1-2-35-22-8-5-7-20(17-22)26-18-25(27-11-6-16-36-27)33-34(26)29-31-24-10-4-3-9-23(24)28(32-29)19-12-14-21(30)15-13-19/h3-17,26H,2,18H2,1H3. The van der Waals surface area contributed by atoms with Gasteiger partial charge in [-0.25, -0.2) is 15.0 Å². The molecule has 0 saturated carbocycles. The Bertz CT molecular complexity index is 1550.